The number of benzene rings is 3. The number of carbonyl (C=O) groups excluding carboxylic acids is 1. The zero-order valence-corrected chi connectivity index (χ0v) is 19.4. The van der Waals surface area contributed by atoms with Crippen LogP contribution in [0.4, 0.5) is 0 Å². The van der Waals surface area contributed by atoms with Crippen LogP contribution < -0.4 is 9.46 Å². The standard InChI is InChI=1S/C24H24ClNO5S/c1-3-18-6-13-22(16-23(18)24(27)30-2)32(28,29)26-15-14-17-4-9-20(10-5-17)31-21-11-7-19(25)8-12-21/h4-13,16,26H,3,14-15H2,1-2H3. The first-order valence-corrected chi connectivity index (χ1v) is 11.9. The van der Waals surface area contributed by atoms with E-state index in [4.69, 9.17) is 21.1 Å². The molecule has 0 aliphatic heterocycles. The second-order valence-electron chi connectivity index (χ2n) is 7.01. The predicted molar refractivity (Wildman–Crippen MR) is 124 cm³/mol. The van der Waals surface area contributed by atoms with Crippen molar-refractivity contribution < 1.29 is 22.7 Å². The molecule has 0 radical (unpaired) electrons. The summed E-state index contributed by atoms with van der Waals surface area (Å²) in [4.78, 5) is 12.0. The fourth-order valence-electron chi connectivity index (χ4n) is 3.11. The molecule has 32 heavy (non-hydrogen) atoms. The molecule has 0 saturated heterocycles. The normalized spacial score (nSPS) is 11.2. The van der Waals surface area contributed by atoms with Crippen molar-refractivity contribution in [2.24, 2.45) is 0 Å². The molecule has 6 nitrogen and oxygen atoms in total. The van der Waals surface area contributed by atoms with Crippen LogP contribution in [-0.2, 0) is 27.6 Å². The Morgan fingerprint density at radius 2 is 1.59 bits per heavy atom. The summed E-state index contributed by atoms with van der Waals surface area (Å²) in [6.45, 7) is 2.10. The highest BCUT2D eigenvalue weighted by molar-refractivity contribution is 7.89. The van der Waals surface area contributed by atoms with E-state index in [0.29, 0.717) is 29.4 Å². The second kappa shape index (κ2) is 10.6. The molecule has 0 aromatic heterocycles. The third kappa shape index (κ3) is 6.09. The molecule has 3 aromatic rings. The van der Waals surface area contributed by atoms with Gasteiger partial charge in [0.2, 0.25) is 10.0 Å². The average Bonchev–Trinajstić information content (AvgIpc) is 2.80. The monoisotopic (exact) mass is 473 g/mol. The number of aryl methyl sites for hydroxylation is 1. The van der Waals surface area contributed by atoms with Crippen molar-refractivity contribution in [1.82, 2.24) is 4.72 Å². The summed E-state index contributed by atoms with van der Waals surface area (Å²) in [5, 5.41) is 0.637. The fraction of sp³-hybridized carbons (Fsp3) is 0.208. The van der Waals surface area contributed by atoms with Crippen LogP contribution in [-0.4, -0.2) is 28.0 Å². The lowest BCUT2D eigenvalue weighted by molar-refractivity contribution is 0.0599. The van der Waals surface area contributed by atoms with Gasteiger partial charge in [-0.25, -0.2) is 17.9 Å². The van der Waals surface area contributed by atoms with E-state index in [-0.39, 0.29) is 17.0 Å². The van der Waals surface area contributed by atoms with E-state index < -0.39 is 16.0 Å². The van der Waals surface area contributed by atoms with Crippen LogP contribution in [0.15, 0.2) is 71.6 Å². The molecule has 0 spiro atoms. The van der Waals surface area contributed by atoms with E-state index in [2.05, 4.69) is 4.72 Å². The van der Waals surface area contributed by atoms with Crippen LogP contribution in [0.5, 0.6) is 11.5 Å². The fourth-order valence-corrected chi connectivity index (χ4v) is 4.29. The average molecular weight is 474 g/mol. The highest BCUT2D eigenvalue weighted by Crippen LogP contribution is 2.23. The largest absolute Gasteiger partial charge is 0.465 e. The van der Waals surface area contributed by atoms with Gasteiger partial charge in [0.25, 0.3) is 0 Å². The minimum atomic E-state index is -3.77. The number of hydrogen-bond acceptors (Lipinski definition) is 5. The molecular weight excluding hydrogens is 450 g/mol. The molecule has 0 amide bonds. The van der Waals surface area contributed by atoms with Gasteiger partial charge >= 0.3 is 5.97 Å². The lowest BCUT2D eigenvalue weighted by Gasteiger charge is -2.11. The van der Waals surface area contributed by atoms with Gasteiger partial charge in [-0.05, 0) is 72.5 Å². The minimum Gasteiger partial charge on any atom is -0.465 e. The molecule has 0 aliphatic carbocycles. The summed E-state index contributed by atoms with van der Waals surface area (Å²) < 4.78 is 38.5. The maximum atomic E-state index is 12.7. The Kier molecular flexibility index (Phi) is 7.90. The number of sulfonamides is 1. The van der Waals surface area contributed by atoms with Gasteiger partial charge in [-0.3, -0.25) is 0 Å². The third-order valence-corrected chi connectivity index (χ3v) is 6.57. The first-order valence-electron chi connectivity index (χ1n) is 10.1. The summed E-state index contributed by atoms with van der Waals surface area (Å²) in [7, 11) is -2.49. The summed E-state index contributed by atoms with van der Waals surface area (Å²) in [5.41, 5.74) is 1.94. The topological polar surface area (TPSA) is 81.7 Å². The van der Waals surface area contributed by atoms with Gasteiger partial charge in [0.15, 0.2) is 0 Å². The highest BCUT2D eigenvalue weighted by atomic mass is 35.5. The molecule has 3 rings (SSSR count). The van der Waals surface area contributed by atoms with Crippen molar-refractivity contribution in [3.63, 3.8) is 0 Å². The number of ether oxygens (including phenoxy) is 2. The lowest BCUT2D eigenvalue weighted by Crippen LogP contribution is -2.26. The van der Waals surface area contributed by atoms with E-state index in [1.54, 1.807) is 30.3 Å². The van der Waals surface area contributed by atoms with Crippen LogP contribution in [0.25, 0.3) is 0 Å². The summed E-state index contributed by atoms with van der Waals surface area (Å²) >= 11 is 5.87. The zero-order valence-electron chi connectivity index (χ0n) is 17.8. The first-order chi connectivity index (χ1) is 15.3. The first kappa shape index (κ1) is 23.8. The van der Waals surface area contributed by atoms with Crippen LogP contribution in [0.3, 0.4) is 0 Å². The zero-order chi connectivity index (χ0) is 23.1. The molecule has 0 fully saturated rings. The van der Waals surface area contributed by atoms with Crippen molar-refractivity contribution in [2.45, 2.75) is 24.7 Å². The minimum absolute atomic E-state index is 0.0295. The van der Waals surface area contributed by atoms with Crippen LogP contribution in [0.1, 0.15) is 28.4 Å². The Morgan fingerprint density at radius 3 is 2.19 bits per heavy atom. The Bertz CT molecular complexity index is 1180. The van der Waals surface area contributed by atoms with Gasteiger partial charge in [0.05, 0.1) is 17.6 Å². The number of methoxy groups -OCH3 is 1. The number of rotatable bonds is 9. The number of nitrogens with one attached hydrogen (secondary N) is 1. The van der Waals surface area contributed by atoms with E-state index in [1.807, 2.05) is 31.2 Å². The smallest absolute Gasteiger partial charge is 0.338 e. The van der Waals surface area contributed by atoms with E-state index in [1.165, 1.54) is 19.2 Å². The molecule has 0 bridgehead atoms. The number of esters is 1. The van der Waals surface area contributed by atoms with Crippen LogP contribution in [0.2, 0.25) is 5.02 Å². The van der Waals surface area contributed by atoms with Gasteiger partial charge < -0.3 is 9.47 Å². The van der Waals surface area contributed by atoms with Gasteiger partial charge in [-0.1, -0.05) is 36.7 Å². The van der Waals surface area contributed by atoms with Crippen molar-refractivity contribution in [3.05, 3.63) is 88.4 Å². The van der Waals surface area contributed by atoms with Crippen molar-refractivity contribution >= 4 is 27.6 Å². The van der Waals surface area contributed by atoms with E-state index >= 15 is 0 Å². The molecule has 3 aromatic carbocycles. The van der Waals surface area contributed by atoms with Crippen LogP contribution in [0, 0.1) is 0 Å². The van der Waals surface area contributed by atoms with Crippen LogP contribution >= 0.6 is 11.6 Å². The third-order valence-electron chi connectivity index (χ3n) is 4.86. The maximum absolute atomic E-state index is 12.7. The highest BCUT2D eigenvalue weighted by Gasteiger charge is 2.19. The Morgan fingerprint density at radius 1 is 0.969 bits per heavy atom. The van der Waals surface area contributed by atoms with Gasteiger partial charge in [-0.2, -0.15) is 0 Å². The number of carbonyl (C=O) groups is 1. The lowest BCUT2D eigenvalue weighted by atomic mass is 10.1. The van der Waals surface area contributed by atoms with Gasteiger partial charge in [0, 0.05) is 11.6 Å². The van der Waals surface area contributed by atoms with Gasteiger partial charge in [-0.15, -0.1) is 0 Å². The number of hydrogen-bond donors (Lipinski definition) is 1. The molecular formula is C24H24ClNO5S. The molecule has 168 valence electrons. The van der Waals surface area contributed by atoms with Crippen molar-refractivity contribution in [3.8, 4) is 11.5 Å². The summed E-state index contributed by atoms with van der Waals surface area (Å²) in [6.07, 6.45) is 1.09. The van der Waals surface area contributed by atoms with Crippen molar-refractivity contribution in [1.29, 1.82) is 0 Å². The molecule has 0 heterocycles. The number of halogens is 1. The molecule has 0 atom stereocenters. The SMILES string of the molecule is CCc1ccc(S(=O)(=O)NCCc2ccc(Oc3ccc(Cl)cc3)cc2)cc1C(=O)OC. The molecule has 0 saturated carbocycles. The molecule has 8 heteroatoms. The summed E-state index contributed by atoms with van der Waals surface area (Å²) in [6, 6.07) is 19.0. The quantitative estimate of drug-likeness (QED) is 0.442. The van der Waals surface area contributed by atoms with E-state index in [0.717, 1.165) is 11.1 Å². The van der Waals surface area contributed by atoms with E-state index in [9.17, 15) is 13.2 Å². The molecule has 0 unspecified atom stereocenters. The predicted octanol–water partition coefficient (Wildman–Crippen LogP) is 5.00. The molecule has 0 aliphatic rings. The molecule has 1 N–H and O–H groups in total. The Labute approximate surface area is 193 Å². The maximum Gasteiger partial charge on any atom is 0.338 e. The van der Waals surface area contributed by atoms with Crippen molar-refractivity contribution in [2.75, 3.05) is 13.7 Å². The Balaban J connectivity index is 1.60. The van der Waals surface area contributed by atoms with Gasteiger partial charge in [0.1, 0.15) is 11.5 Å². The summed E-state index contributed by atoms with van der Waals surface area (Å²) in [5.74, 6) is 0.790. The Hall–Kier alpha value is -2.87. The second-order valence-corrected chi connectivity index (χ2v) is 9.22.